The van der Waals surface area contributed by atoms with Crippen LogP contribution in [0, 0.1) is 0 Å². The molecule has 1 aliphatic heterocycles. The second-order valence-corrected chi connectivity index (χ2v) is 5.65. The average molecular weight is 342 g/mol. The number of carbonyl (C=O) groups is 5. The number of esters is 1. The molecule has 0 spiro atoms. The Hall–Kier alpha value is -2.45. The SMILES string of the molecule is CC(C)OC(=O)CCN(C)C(=O)CCC(=O)ON1C(=O)CCC1=O. The molecule has 0 bridgehead atoms. The summed E-state index contributed by atoms with van der Waals surface area (Å²) in [5, 5.41) is 0.443. The molecular weight excluding hydrogens is 320 g/mol. The molecule has 0 aromatic heterocycles. The van der Waals surface area contributed by atoms with Crippen molar-refractivity contribution in [2.75, 3.05) is 13.6 Å². The number of hydrogen-bond acceptors (Lipinski definition) is 7. The number of imide groups is 1. The molecule has 0 aromatic rings. The maximum Gasteiger partial charge on any atom is 0.333 e. The van der Waals surface area contributed by atoms with Crippen LogP contribution in [0.1, 0.15) is 46.0 Å². The predicted molar refractivity (Wildman–Crippen MR) is 79.9 cm³/mol. The second kappa shape index (κ2) is 8.99. The minimum Gasteiger partial charge on any atom is -0.463 e. The maximum absolute atomic E-state index is 11.9. The van der Waals surface area contributed by atoms with Gasteiger partial charge in [-0.25, -0.2) is 4.79 Å². The van der Waals surface area contributed by atoms with E-state index in [1.807, 2.05) is 0 Å². The molecule has 134 valence electrons. The number of carbonyl (C=O) groups excluding carboxylic acids is 5. The fourth-order valence-electron chi connectivity index (χ4n) is 1.91. The van der Waals surface area contributed by atoms with Crippen LogP contribution in [0.15, 0.2) is 0 Å². The van der Waals surface area contributed by atoms with E-state index in [-0.39, 0.29) is 50.7 Å². The molecule has 0 saturated carbocycles. The Morgan fingerprint density at radius 2 is 1.62 bits per heavy atom. The van der Waals surface area contributed by atoms with Crippen LogP contribution < -0.4 is 0 Å². The van der Waals surface area contributed by atoms with Crippen LogP contribution in [0.2, 0.25) is 0 Å². The molecule has 3 amide bonds. The summed E-state index contributed by atoms with van der Waals surface area (Å²) in [4.78, 5) is 63.4. The number of ether oxygens (including phenoxy) is 1. The van der Waals surface area contributed by atoms with Crippen molar-refractivity contribution in [2.45, 2.75) is 52.1 Å². The second-order valence-electron chi connectivity index (χ2n) is 5.65. The normalized spacial score (nSPS) is 14.1. The zero-order valence-electron chi connectivity index (χ0n) is 14.1. The number of amides is 3. The van der Waals surface area contributed by atoms with Gasteiger partial charge in [0.2, 0.25) is 5.91 Å². The molecular formula is C15H22N2O7. The van der Waals surface area contributed by atoms with Gasteiger partial charge in [-0.3, -0.25) is 19.2 Å². The molecule has 24 heavy (non-hydrogen) atoms. The highest BCUT2D eigenvalue weighted by atomic mass is 16.7. The Bertz CT molecular complexity index is 514. The fraction of sp³-hybridized carbons (Fsp3) is 0.667. The molecule has 0 unspecified atom stereocenters. The summed E-state index contributed by atoms with van der Waals surface area (Å²) in [6, 6.07) is 0. The van der Waals surface area contributed by atoms with E-state index in [9.17, 15) is 24.0 Å². The molecule has 9 heteroatoms. The van der Waals surface area contributed by atoms with Crippen LogP contribution in [0.5, 0.6) is 0 Å². The van der Waals surface area contributed by atoms with Crippen molar-refractivity contribution in [1.82, 2.24) is 9.96 Å². The predicted octanol–water partition coefficient (Wildman–Crippen LogP) is 0.174. The Morgan fingerprint density at radius 3 is 2.17 bits per heavy atom. The summed E-state index contributed by atoms with van der Waals surface area (Å²) >= 11 is 0. The summed E-state index contributed by atoms with van der Waals surface area (Å²) in [5.74, 6) is -2.74. The molecule has 0 aromatic carbocycles. The van der Waals surface area contributed by atoms with Gasteiger partial charge in [0.15, 0.2) is 0 Å². The van der Waals surface area contributed by atoms with Gasteiger partial charge in [-0.15, -0.1) is 5.06 Å². The van der Waals surface area contributed by atoms with Gasteiger partial charge >= 0.3 is 11.9 Å². The molecule has 1 rings (SSSR count). The Balaban J connectivity index is 2.29. The molecule has 1 fully saturated rings. The zero-order valence-corrected chi connectivity index (χ0v) is 14.1. The molecule has 1 heterocycles. The quantitative estimate of drug-likeness (QED) is 0.457. The molecule has 0 N–H and O–H groups in total. The van der Waals surface area contributed by atoms with Crippen LogP contribution in [0.4, 0.5) is 0 Å². The van der Waals surface area contributed by atoms with Crippen LogP contribution >= 0.6 is 0 Å². The minimum atomic E-state index is -0.834. The van der Waals surface area contributed by atoms with Gasteiger partial charge in [-0.2, -0.15) is 0 Å². The standard InChI is InChI=1S/C15H22N2O7/c1-10(2)23-14(21)8-9-16(3)11(18)6-7-15(22)24-17-12(19)4-5-13(17)20/h10H,4-9H2,1-3H3. The number of nitrogens with zero attached hydrogens (tertiary/aromatic N) is 2. The van der Waals surface area contributed by atoms with Crippen LogP contribution in [-0.2, 0) is 33.5 Å². The average Bonchev–Trinajstić information content (AvgIpc) is 2.81. The van der Waals surface area contributed by atoms with E-state index in [1.54, 1.807) is 13.8 Å². The van der Waals surface area contributed by atoms with Crippen molar-refractivity contribution in [1.29, 1.82) is 0 Å². The highest BCUT2D eigenvalue weighted by Crippen LogP contribution is 2.13. The van der Waals surface area contributed by atoms with E-state index in [0.717, 1.165) is 0 Å². The van der Waals surface area contributed by atoms with Gasteiger partial charge < -0.3 is 14.5 Å². The maximum atomic E-state index is 11.9. The lowest BCUT2D eigenvalue weighted by Gasteiger charge is -2.17. The monoisotopic (exact) mass is 342 g/mol. The van der Waals surface area contributed by atoms with E-state index in [4.69, 9.17) is 4.74 Å². The number of hydrogen-bond donors (Lipinski definition) is 0. The van der Waals surface area contributed by atoms with Gasteiger partial charge in [0, 0.05) is 32.9 Å². The van der Waals surface area contributed by atoms with E-state index in [1.165, 1.54) is 11.9 Å². The van der Waals surface area contributed by atoms with E-state index in [0.29, 0.717) is 5.06 Å². The minimum absolute atomic E-state index is 0.0141. The summed E-state index contributed by atoms with van der Waals surface area (Å²) in [7, 11) is 1.50. The lowest BCUT2D eigenvalue weighted by atomic mass is 10.2. The van der Waals surface area contributed by atoms with Crippen molar-refractivity contribution < 1.29 is 33.5 Å². The lowest BCUT2D eigenvalue weighted by Crippen LogP contribution is -2.33. The first-order valence-electron chi connectivity index (χ1n) is 7.70. The molecule has 0 atom stereocenters. The molecule has 0 radical (unpaired) electrons. The van der Waals surface area contributed by atoms with Crippen molar-refractivity contribution in [3.8, 4) is 0 Å². The van der Waals surface area contributed by atoms with Crippen molar-refractivity contribution in [3.05, 3.63) is 0 Å². The summed E-state index contributed by atoms with van der Waals surface area (Å²) < 4.78 is 4.95. The Labute approximate surface area is 139 Å². The largest absolute Gasteiger partial charge is 0.463 e. The van der Waals surface area contributed by atoms with Crippen molar-refractivity contribution in [3.63, 3.8) is 0 Å². The van der Waals surface area contributed by atoms with Crippen LogP contribution in [0.3, 0.4) is 0 Å². The third kappa shape index (κ3) is 6.35. The molecule has 0 aliphatic carbocycles. The zero-order chi connectivity index (χ0) is 18.3. The van der Waals surface area contributed by atoms with E-state index >= 15 is 0 Å². The van der Waals surface area contributed by atoms with Gasteiger partial charge in [-0.1, -0.05) is 0 Å². The first-order chi connectivity index (χ1) is 11.2. The Morgan fingerprint density at radius 1 is 1.04 bits per heavy atom. The van der Waals surface area contributed by atoms with Crippen molar-refractivity contribution in [2.24, 2.45) is 0 Å². The molecule has 9 nitrogen and oxygen atoms in total. The first-order valence-corrected chi connectivity index (χ1v) is 7.70. The lowest BCUT2D eigenvalue weighted by molar-refractivity contribution is -0.197. The summed E-state index contributed by atoms with van der Waals surface area (Å²) in [5.41, 5.74) is 0. The van der Waals surface area contributed by atoms with Gasteiger partial charge in [0.1, 0.15) is 0 Å². The topological polar surface area (TPSA) is 110 Å². The first kappa shape index (κ1) is 19.6. The van der Waals surface area contributed by atoms with E-state index < -0.39 is 23.8 Å². The third-order valence-corrected chi connectivity index (χ3v) is 3.19. The Kier molecular flexibility index (Phi) is 7.34. The molecule has 1 saturated heterocycles. The van der Waals surface area contributed by atoms with Gasteiger partial charge in [-0.05, 0) is 13.8 Å². The summed E-state index contributed by atoms with van der Waals surface area (Å²) in [6.45, 7) is 3.63. The van der Waals surface area contributed by atoms with Crippen molar-refractivity contribution >= 4 is 29.7 Å². The van der Waals surface area contributed by atoms with Gasteiger partial charge in [0.05, 0.1) is 18.9 Å². The number of rotatable bonds is 8. The van der Waals surface area contributed by atoms with Crippen LogP contribution in [-0.4, -0.2) is 59.3 Å². The highest BCUT2D eigenvalue weighted by molar-refractivity contribution is 6.01. The van der Waals surface area contributed by atoms with Gasteiger partial charge in [0.25, 0.3) is 11.8 Å². The van der Waals surface area contributed by atoms with E-state index in [2.05, 4.69) is 4.84 Å². The molecule has 1 aliphatic rings. The number of hydroxylamine groups is 2. The smallest absolute Gasteiger partial charge is 0.333 e. The fourth-order valence-corrected chi connectivity index (χ4v) is 1.91. The van der Waals surface area contributed by atoms with Crippen LogP contribution in [0.25, 0.3) is 0 Å². The summed E-state index contributed by atoms with van der Waals surface area (Å²) in [6.07, 6.45) is -0.548. The highest BCUT2D eigenvalue weighted by Gasteiger charge is 2.32. The third-order valence-electron chi connectivity index (χ3n) is 3.19.